The second-order valence-corrected chi connectivity index (χ2v) is 3.78. The van der Waals surface area contributed by atoms with Gasteiger partial charge in [-0.3, -0.25) is 0 Å². The minimum absolute atomic E-state index is 0.232. The highest BCUT2D eigenvalue weighted by atomic mass is 16.5. The standard InChI is InChI=1S/C15H11NO3/c16-11-19-14-8-6-13(7-9-14)15(17)18-10-12-4-2-1-3-5-12/h1-9H,10H2. The number of hydrogen-bond acceptors (Lipinski definition) is 4. The van der Waals surface area contributed by atoms with E-state index >= 15 is 0 Å². The second-order valence-electron chi connectivity index (χ2n) is 3.78. The fourth-order valence-corrected chi connectivity index (χ4v) is 1.52. The van der Waals surface area contributed by atoms with Crippen LogP contribution >= 0.6 is 0 Å². The number of carbonyl (C=O) groups excluding carboxylic acids is 1. The van der Waals surface area contributed by atoms with Crippen molar-refractivity contribution in [2.75, 3.05) is 0 Å². The molecule has 94 valence electrons. The summed E-state index contributed by atoms with van der Waals surface area (Å²) in [6, 6.07) is 15.6. The van der Waals surface area contributed by atoms with Crippen LogP contribution in [0.25, 0.3) is 0 Å². The fourth-order valence-electron chi connectivity index (χ4n) is 1.52. The van der Waals surface area contributed by atoms with Gasteiger partial charge in [0.1, 0.15) is 12.4 Å². The van der Waals surface area contributed by atoms with E-state index in [-0.39, 0.29) is 6.61 Å². The first kappa shape index (κ1) is 12.7. The van der Waals surface area contributed by atoms with Gasteiger partial charge in [-0.2, -0.15) is 0 Å². The molecule has 0 aliphatic carbocycles. The molecule has 0 saturated carbocycles. The van der Waals surface area contributed by atoms with Crippen molar-refractivity contribution >= 4 is 5.97 Å². The average molecular weight is 253 g/mol. The van der Waals surface area contributed by atoms with Crippen molar-refractivity contribution in [2.45, 2.75) is 6.61 Å². The number of hydrogen-bond donors (Lipinski definition) is 0. The van der Waals surface area contributed by atoms with Crippen molar-refractivity contribution < 1.29 is 14.3 Å². The van der Waals surface area contributed by atoms with Gasteiger partial charge in [-0.15, -0.1) is 5.26 Å². The van der Waals surface area contributed by atoms with E-state index in [4.69, 9.17) is 10.00 Å². The highest BCUT2D eigenvalue weighted by molar-refractivity contribution is 5.89. The summed E-state index contributed by atoms with van der Waals surface area (Å²) in [5, 5.41) is 8.34. The molecular weight excluding hydrogens is 242 g/mol. The van der Waals surface area contributed by atoms with Gasteiger partial charge in [0.25, 0.3) is 6.26 Å². The third-order valence-electron chi connectivity index (χ3n) is 2.47. The molecule has 0 aromatic heterocycles. The molecule has 0 saturated heterocycles. The maximum atomic E-state index is 11.8. The van der Waals surface area contributed by atoms with Crippen LogP contribution < -0.4 is 4.74 Å². The SMILES string of the molecule is N#COc1ccc(C(=O)OCc2ccccc2)cc1. The lowest BCUT2D eigenvalue weighted by molar-refractivity contribution is 0.0472. The summed E-state index contributed by atoms with van der Waals surface area (Å²) in [6.07, 6.45) is 1.56. The lowest BCUT2D eigenvalue weighted by Crippen LogP contribution is -2.05. The van der Waals surface area contributed by atoms with E-state index in [1.54, 1.807) is 30.5 Å². The molecule has 0 fully saturated rings. The molecule has 2 rings (SSSR count). The van der Waals surface area contributed by atoms with Crippen LogP contribution in [0.2, 0.25) is 0 Å². The van der Waals surface area contributed by atoms with Gasteiger partial charge in [0, 0.05) is 0 Å². The van der Waals surface area contributed by atoms with Crippen molar-refractivity contribution in [3.63, 3.8) is 0 Å². The van der Waals surface area contributed by atoms with E-state index in [1.165, 1.54) is 0 Å². The Morgan fingerprint density at radius 2 is 1.74 bits per heavy atom. The largest absolute Gasteiger partial charge is 0.457 e. The number of ether oxygens (including phenoxy) is 2. The first-order chi connectivity index (χ1) is 9.29. The molecule has 0 aliphatic rings. The molecule has 2 aromatic carbocycles. The van der Waals surface area contributed by atoms with Gasteiger partial charge in [0.15, 0.2) is 0 Å². The fraction of sp³-hybridized carbons (Fsp3) is 0.0667. The van der Waals surface area contributed by atoms with Gasteiger partial charge in [0.05, 0.1) is 5.56 Å². The molecule has 0 N–H and O–H groups in total. The van der Waals surface area contributed by atoms with Gasteiger partial charge in [-0.1, -0.05) is 30.3 Å². The van der Waals surface area contributed by atoms with Crippen LogP contribution in [0.5, 0.6) is 5.75 Å². The van der Waals surface area contributed by atoms with Crippen molar-refractivity contribution in [2.24, 2.45) is 0 Å². The van der Waals surface area contributed by atoms with E-state index in [9.17, 15) is 4.79 Å². The Hall–Kier alpha value is -2.80. The van der Waals surface area contributed by atoms with Crippen LogP contribution in [-0.2, 0) is 11.3 Å². The Morgan fingerprint density at radius 1 is 1.05 bits per heavy atom. The van der Waals surface area contributed by atoms with Crippen LogP contribution in [-0.4, -0.2) is 5.97 Å². The van der Waals surface area contributed by atoms with Gasteiger partial charge < -0.3 is 9.47 Å². The highest BCUT2D eigenvalue weighted by Gasteiger charge is 2.07. The summed E-state index contributed by atoms with van der Waals surface area (Å²) in [5.41, 5.74) is 1.35. The molecule has 0 unspecified atom stereocenters. The van der Waals surface area contributed by atoms with Crippen LogP contribution in [0, 0.1) is 11.5 Å². The van der Waals surface area contributed by atoms with Crippen molar-refractivity contribution in [1.82, 2.24) is 0 Å². The summed E-state index contributed by atoms with van der Waals surface area (Å²) in [7, 11) is 0. The minimum Gasteiger partial charge on any atom is -0.457 e. The van der Waals surface area contributed by atoms with E-state index in [0.29, 0.717) is 11.3 Å². The van der Waals surface area contributed by atoms with E-state index < -0.39 is 5.97 Å². The molecule has 0 radical (unpaired) electrons. The van der Waals surface area contributed by atoms with Crippen molar-refractivity contribution in [1.29, 1.82) is 5.26 Å². The third kappa shape index (κ3) is 3.58. The third-order valence-corrected chi connectivity index (χ3v) is 2.47. The summed E-state index contributed by atoms with van der Waals surface area (Å²) in [4.78, 5) is 11.8. The first-order valence-electron chi connectivity index (χ1n) is 5.66. The quantitative estimate of drug-likeness (QED) is 0.621. The van der Waals surface area contributed by atoms with Gasteiger partial charge >= 0.3 is 5.97 Å². The Kier molecular flexibility index (Phi) is 4.14. The summed E-state index contributed by atoms with van der Waals surface area (Å²) < 4.78 is 9.79. The smallest absolute Gasteiger partial charge is 0.338 e. The summed E-state index contributed by atoms with van der Waals surface area (Å²) in [5.74, 6) is -0.0190. The second kappa shape index (κ2) is 6.22. The van der Waals surface area contributed by atoms with Crippen LogP contribution in [0.3, 0.4) is 0 Å². The average Bonchev–Trinajstić information content (AvgIpc) is 2.47. The molecule has 0 amide bonds. The zero-order valence-corrected chi connectivity index (χ0v) is 10.1. The molecule has 4 nitrogen and oxygen atoms in total. The maximum absolute atomic E-state index is 11.8. The molecule has 0 atom stereocenters. The number of esters is 1. The number of rotatable bonds is 4. The van der Waals surface area contributed by atoms with Crippen LogP contribution in [0.15, 0.2) is 54.6 Å². The summed E-state index contributed by atoms with van der Waals surface area (Å²) in [6.45, 7) is 0.232. The topological polar surface area (TPSA) is 59.3 Å². The Bertz CT molecular complexity index is 585. The maximum Gasteiger partial charge on any atom is 0.338 e. The van der Waals surface area contributed by atoms with Gasteiger partial charge in [-0.05, 0) is 29.8 Å². The predicted molar refractivity (Wildman–Crippen MR) is 68.2 cm³/mol. The van der Waals surface area contributed by atoms with E-state index in [1.807, 2.05) is 30.3 Å². The van der Waals surface area contributed by atoms with Crippen molar-refractivity contribution in [3.8, 4) is 12.0 Å². The van der Waals surface area contributed by atoms with Crippen molar-refractivity contribution in [3.05, 3.63) is 65.7 Å². The lowest BCUT2D eigenvalue weighted by Gasteiger charge is -2.05. The first-order valence-corrected chi connectivity index (χ1v) is 5.66. The zero-order chi connectivity index (χ0) is 13.5. The molecule has 4 heteroatoms. The number of nitrogens with zero attached hydrogens (tertiary/aromatic N) is 1. The number of carbonyl (C=O) groups is 1. The molecule has 0 aliphatic heterocycles. The molecule has 19 heavy (non-hydrogen) atoms. The normalized spacial score (nSPS) is 9.42. The minimum atomic E-state index is -0.410. The van der Waals surface area contributed by atoms with E-state index in [0.717, 1.165) is 5.56 Å². The van der Waals surface area contributed by atoms with E-state index in [2.05, 4.69) is 4.74 Å². The molecule has 2 aromatic rings. The monoisotopic (exact) mass is 253 g/mol. The van der Waals surface area contributed by atoms with Crippen LogP contribution in [0.1, 0.15) is 15.9 Å². The molecule has 0 bridgehead atoms. The number of benzene rings is 2. The molecular formula is C15H11NO3. The Morgan fingerprint density at radius 3 is 2.37 bits per heavy atom. The number of nitriles is 1. The zero-order valence-electron chi connectivity index (χ0n) is 10.1. The Labute approximate surface area is 110 Å². The van der Waals surface area contributed by atoms with Crippen LogP contribution in [0.4, 0.5) is 0 Å². The van der Waals surface area contributed by atoms with Gasteiger partial charge in [-0.25, -0.2) is 4.79 Å². The summed E-state index contributed by atoms with van der Waals surface area (Å²) >= 11 is 0. The Balaban J connectivity index is 1.95. The van der Waals surface area contributed by atoms with Gasteiger partial charge in [0.2, 0.25) is 0 Å². The highest BCUT2D eigenvalue weighted by Crippen LogP contribution is 2.13. The lowest BCUT2D eigenvalue weighted by atomic mass is 10.2. The predicted octanol–water partition coefficient (Wildman–Crippen LogP) is 2.90. The molecule has 0 heterocycles. The molecule has 0 spiro atoms.